The van der Waals surface area contributed by atoms with Gasteiger partial charge in [-0.25, -0.2) is 0 Å². The van der Waals surface area contributed by atoms with Gasteiger partial charge in [-0.05, 0) is 20.9 Å². The molecule has 0 aliphatic rings. The lowest BCUT2D eigenvalue weighted by Crippen LogP contribution is -2.45. The summed E-state index contributed by atoms with van der Waals surface area (Å²) in [7, 11) is 1.94. The molecule has 0 amide bonds. The van der Waals surface area contributed by atoms with E-state index < -0.39 is 0 Å². The van der Waals surface area contributed by atoms with Crippen LogP contribution in [0.5, 0.6) is 0 Å². The molecule has 4 heteroatoms. The van der Waals surface area contributed by atoms with Crippen molar-refractivity contribution in [3.63, 3.8) is 0 Å². The molecule has 2 N–H and O–H groups in total. The van der Waals surface area contributed by atoms with E-state index in [0.717, 1.165) is 6.54 Å². The standard InChI is InChI=1S/C9H21NO3/c1-9(2,8-12)10(3)4-6-13-7-5-11/h11-12H,4-8H2,1-3H3. The van der Waals surface area contributed by atoms with Crippen molar-refractivity contribution < 1.29 is 14.9 Å². The quantitative estimate of drug-likeness (QED) is 0.542. The minimum atomic E-state index is -0.206. The van der Waals surface area contributed by atoms with Crippen LogP contribution in [0.3, 0.4) is 0 Å². The Bertz CT molecular complexity index is 128. The smallest absolute Gasteiger partial charge is 0.0698 e. The van der Waals surface area contributed by atoms with Crippen molar-refractivity contribution in [1.82, 2.24) is 4.90 Å². The third-order valence-electron chi connectivity index (χ3n) is 2.23. The van der Waals surface area contributed by atoms with Crippen molar-refractivity contribution in [2.75, 3.05) is 40.0 Å². The van der Waals surface area contributed by atoms with Gasteiger partial charge in [-0.3, -0.25) is 4.90 Å². The third-order valence-corrected chi connectivity index (χ3v) is 2.23. The summed E-state index contributed by atoms with van der Waals surface area (Å²) in [6.07, 6.45) is 0. The van der Waals surface area contributed by atoms with Gasteiger partial charge in [0.25, 0.3) is 0 Å². The lowest BCUT2D eigenvalue weighted by molar-refractivity contribution is 0.0339. The van der Waals surface area contributed by atoms with Crippen LogP contribution in [0.15, 0.2) is 0 Å². The molecule has 0 aliphatic heterocycles. The molecule has 0 atom stereocenters. The van der Waals surface area contributed by atoms with Crippen LogP contribution in [0, 0.1) is 0 Å². The van der Waals surface area contributed by atoms with E-state index in [4.69, 9.17) is 14.9 Å². The second-order valence-corrected chi connectivity index (χ2v) is 3.73. The molecule has 0 aliphatic carbocycles. The first-order valence-electron chi connectivity index (χ1n) is 4.55. The van der Waals surface area contributed by atoms with Gasteiger partial charge in [0.15, 0.2) is 0 Å². The molecular formula is C9H21NO3. The van der Waals surface area contributed by atoms with E-state index in [1.165, 1.54) is 0 Å². The zero-order valence-corrected chi connectivity index (χ0v) is 8.79. The molecule has 0 heterocycles. The van der Waals surface area contributed by atoms with Crippen LogP contribution in [-0.2, 0) is 4.74 Å². The fourth-order valence-corrected chi connectivity index (χ4v) is 0.791. The summed E-state index contributed by atoms with van der Waals surface area (Å²) in [6.45, 7) is 5.86. The summed E-state index contributed by atoms with van der Waals surface area (Å²) in [5.74, 6) is 0. The molecule has 13 heavy (non-hydrogen) atoms. The molecule has 0 radical (unpaired) electrons. The fraction of sp³-hybridized carbons (Fsp3) is 1.00. The van der Waals surface area contributed by atoms with Crippen molar-refractivity contribution in [3.05, 3.63) is 0 Å². The van der Waals surface area contributed by atoms with Gasteiger partial charge < -0.3 is 14.9 Å². The number of hydrogen-bond acceptors (Lipinski definition) is 4. The minimum absolute atomic E-state index is 0.0626. The number of aliphatic hydroxyl groups excluding tert-OH is 2. The van der Waals surface area contributed by atoms with Crippen LogP contribution in [0.4, 0.5) is 0 Å². The highest BCUT2D eigenvalue weighted by atomic mass is 16.5. The van der Waals surface area contributed by atoms with Gasteiger partial charge in [0.05, 0.1) is 26.4 Å². The minimum Gasteiger partial charge on any atom is -0.394 e. The molecule has 0 fully saturated rings. The molecule has 0 saturated heterocycles. The summed E-state index contributed by atoms with van der Waals surface area (Å²) in [4.78, 5) is 2.03. The average molecular weight is 191 g/mol. The Morgan fingerprint density at radius 2 is 1.85 bits per heavy atom. The van der Waals surface area contributed by atoms with E-state index in [2.05, 4.69) is 0 Å². The first kappa shape index (κ1) is 12.8. The number of rotatable bonds is 7. The largest absolute Gasteiger partial charge is 0.394 e. The fourth-order valence-electron chi connectivity index (χ4n) is 0.791. The Hall–Kier alpha value is -0.160. The third kappa shape index (κ3) is 5.21. The van der Waals surface area contributed by atoms with Gasteiger partial charge >= 0.3 is 0 Å². The van der Waals surface area contributed by atoms with E-state index >= 15 is 0 Å². The topological polar surface area (TPSA) is 52.9 Å². The zero-order chi connectivity index (χ0) is 10.3. The maximum absolute atomic E-state index is 9.04. The van der Waals surface area contributed by atoms with E-state index in [9.17, 15) is 0 Å². The highest BCUT2D eigenvalue weighted by Gasteiger charge is 2.21. The molecule has 0 rings (SSSR count). The van der Waals surface area contributed by atoms with Crippen molar-refractivity contribution in [2.45, 2.75) is 19.4 Å². The highest BCUT2D eigenvalue weighted by Crippen LogP contribution is 2.09. The van der Waals surface area contributed by atoms with Crippen LogP contribution in [0.25, 0.3) is 0 Å². The van der Waals surface area contributed by atoms with E-state index in [1.54, 1.807) is 0 Å². The predicted octanol–water partition coefficient (Wildman–Crippen LogP) is -0.302. The monoisotopic (exact) mass is 191 g/mol. The lowest BCUT2D eigenvalue weighted by Gasteiger charge is -2.33. The van der Waals surface area contributed by atoms with Crippen molar-refractivity contribution >= 4 is 0 Å². The Kier molecular flexibility index (Phi) is 6.24. The highest BCUT2D eigenvalue weighted by molar-refractivity contribution is 4.77. The first-order chi connectivity index (χ1) is 6.04. The Morgan fingerprint density at radius 3 is 2.31 bits per heavy atom. The number of nitrogens with zero attached hydrogens (tertiary/aromatic N) is 1. The Labute approximate surface area is 80.1 Å². The lowest BCUT2D eigenvalue weighted by atomic mass is 10.1. The summed E-state index contributed by atoms with van der Waals surface area (Å²) in [6, 6.07) is 0. The van der Waals surface area contributed by atoms with E-state index in [-0.39, 0.29) is 18.8 Å². The molecule has 0 aromatic rings. The number of hydrogen-bond donors (Lipinski definition) is 2. The zero-order valence-electron chi connectivity index (χ0n) is 8.79. The number of likely N-dealkylation sites (N-methyl/N-ethyl adjacent to an activating group) is 1. The van der Waals surface area contributed by atoms with Crippen molar-refractivity contribution in [1.29, 1.82) is 0 Å². The molecule has 4 nitrogen and oxygen atoms in total. The van der Waals surface area contributed by atoms with Crippen molar-refractivity contribution in [3.8, 4) is 0 Å². The second kappa shape index (κ2) is 6.32. The predicted molar refractivity (Wildman–Crippen MR) is 51.7 cm³/mol. The molecule has 0 aromatic heterocycles. The van der Waals surface area contributed by atoms with Crippen LogP contribution in [0.1, 0.15) is 13.8 Å². The van der Waals surface area contributed by atoms with Gasteiger partial charge in [0.2, 0.25) is 0 Å². The molecule has 0 aromatic carbocycles. The first-order valence-corrected chi connectivity index (χ1v) is 4.55. The molecule has 80 valence electrons. The summed E-state index contributed by atoms with van der Waals surface area (Å²) in [5, 5.41) is 17.5. The summed E-state index contributed by atoms with van der Waals surface area (Å²) in [5.41, 5.74) is -0.206. The van der Waals surface area contributed by atoms with Crippen LogP contribution >= 0.6 is 0 Å². The maximum Gasteiger partial charge on any atom is 0.0698 e. The van der Waals surface area contributed by atoms with Gasteiger partial charge in [-0.1, -0.05) is 0 Å². The number of ether oxygens (including phenoxy) is 1. The van der Waals surface area contributed by atoms with Gasteiger partial charge in [0.1, 0.15) is 0 Å². The Morgan fingerprint density at radius 1 is 1.23 bits per heavy atom. The maximum atomic E-state index is 9.04. The van der Waals surface area contributed by atoms with Gasteiger partial charge in [-0.15, -0.1) is 0 Å². The van der Waals surface area contributed by atoms with Crippen molar-refractivity contribution in [2.24, 2.45) is 0 Å². The average Bonchev–Trinajstić information content (AvgIpc) is 2.12. The van der Waals surface area contributed by atoms with Gasteiger partial charge in [-0.2, -0.15) is 0 Å². The van der Waals surface area contributed by atoms with Crippen LogP contribution in [0.2, 0.25) is 0 Å². The molecular weight excluding hydrogens is 170 g/mol. The van der Waals surface area contributed by atoms with E-state index in [1.807, 2.05) is 25.8 Å². The second-order valence-electron chi connectivity index (χ2n) is 3.73. The number of aliphatic hydroxyl groups is 2. The SMILES string of the molecule is CN(CCOCCO)C(C)(C)CO. The van der Waals surface area contributed by atoms with E-state index in [0.29, 0.717) is 13.2 Å². The molecule has 0 unspecified atom stereocenters. The van der Waals surface area contributed by atoms with Gasteiger partial charge in [0, 0.05) is 12.1 Å². The molecule has 0 spiro atoms. The molecule has 0 saturated carbocycles. The molecule has 0 bridgehead atoms. The normalized spacial score (nSPS) is 12.5. The Balaban J connectivity index is 3.55. The van der Waals surface area contributed by atoms with Crippen LogP contribution in [-0.4, -0.2) is 60.7 Å². The summed E-state index contributed by atoms with van der Waals surface area (Å²) < 4.78 is 5.12. The van der Waals surface area contributed by atoms with Crippen LogP contribution < -0.4 is 0 Å². The summed E-state index contributed by atoms with van der Waals surface area (Å²) >= 11 is 0.